The molecule has 0 spiro atoms. The van der Waals surface area contributed by atoms with E-state index in [1.807, 2.05) is 0 Å². The zero-order valence-corrected chi connectivity index (χ0v) is 12.9. The molecule has 1 nitrogen and oxygen atoms in total. The second-order valence-corrected chi connectivity index (χ2v) is 7.80. The molecule has 0 aromatic carbocycles. The van der Waals surface area contributed by atoms with Gasteiger partial charge in [-0.15, -0.1) is 0 Å². The molecule has 3 rings (SSSR count). The fourth-order valence-corrected chi connectivity index (χ4v) is 5.65. The molecule has 19 heavy (non-hydrogen) atoms. The van der Waals surface area contributed by atoms with Crippen LogP contribution < -0.4 is 5.32 Å². The van der Waals surface area contributed by atoms with Crippen LogP contribution in [0.3, 0.4) is 0 Å². The van der Waals surface area contributed by atoms with Crippen LogP contribution in [0.25, 0.3) is 0 Å². The minimum absolute atomic E-state index is 0.772. The highest BCUT2D eigenvalue weighted by molar-refractivity contribution is 5.02. The molecule has 4 atom stereocenters. The summed E-state index contributed by atoms with van der Waals surface area (Å²) in [4.78, 5) is 0. The standard InChI is InChI=1S/C18H33N/c1-2-3-4-9-19-10-8-18-7-5-6-15-11-16(14-18)13-17(18)12-15/h15-17,19H,2-14H2,1H3/t15?,16?,17?,18-/m0/s1. The molecule has 110 valence electrons. The summed E-state index contributed by atoms with van der Waals surface area (Å²) in [7, 11) is 0. The summed E-state index contributed by atoms with van der Waals surface area (Å²) in [6, 6.07) is 0. The fourth-order valence-electron chi connectivity index (χ4n) is 5.65. The minimum atomic E-state index is 0.772. The van der Waals surface area contributed by atoms with Crippen molar-refractivity contribution in [1.29, 1.82) is 0 Å². The summed E-state index contributed by atoms with van der Waals surface area (Å²) in [5, 5.41) is 3.72. The Bertz CT molecular complexity index is 287. The van der Waals surface area contributed by atoms with Crippen LogP contribution in [0.4, 0.5) is 0 Å². The van der Waals surface area contributed by atoms with Gasteiger partial charge in [0.05, 0.1) is 0 Å². The Hall–Kier alpha value is -0.0400. The third-order valence-electron chi connectivity index (χ3n) is 6.51. The van der Waals surface area contributed by atoms with E-state index < -0.39 is 0 Å². The molecule has 0 saturated heterocycles. The average Bonchev–Trinajstić information content (AvgIpc) is 2.57. The lowest BCUT2D eigenvalue weighted by molar-refractivity contribution is 0.162. The highest BCUT2D eigenvalue weighted by Crippen LogP contribution is 2.61. The number of rotatable bonds is 7. The topological polar surface area (TPSA) is 12.0 Å². The summed E-state index contributed by atoms with van der Waals surface area (Å²) in [6.07, 6.45) is 16.6. The molecular weight excluding hydrogens is 230 g/mol. The normalized spacial score (nSPS) is 40.6. The lowest BCUT2D eigenvalue weighted by Gasteiger charge is -2.34. The van der Waals surface area contributed by atoms with Gasteiger partial charge in [0.15, 0.2) is 0 Å². The zero-order chi connectivity index (χ0) is 13.1. The average molecular weight is 263 g/mol. The van der Waals surface area contributed by atoms with Gasteiger partial charge in [-0.25, -0.2) is 0 Å². The first-order valence-electron chi connectivity index (χ1n) is 9.03. The Kier molecular flexibility index (Phi) is 4.51. The third kappa shape index (κ3) is 3.01. The van der Waals surface area contributed by atoms with Crippen LogP contribution in [-0.4, -0.2) is 13.1 Å². The van der Waals surface area contributed by atoms with Gasteiger partial charge in [-0.3, -0.25) is 0 Å². The van der Waals surface area contributed by atoms with Gasteiger partial charge in [-0.05, 0) is 81.2 Å². The molecule has 0 radical (unpaired) electrons. The molecule has 1 N–H and O–H groups in total. The van der Waals surface area contributed by atoms with E-state index in [1.165, 1.54) is 45.2 Å². The van der Waals surface area contributed by atoms with Gasteiger partial charge in [-0.1, -0.05) is 32.6 Å². The van der Waals surface area contributed by atoms with Crippen molar-refractivity contribution in [3.63, 3.8) is 0 Å². The monoisotopic (exact) mass is 263 g/mol. The summed E-state index contributed by atoms with van der Waals surface area (Å²) < 4.78 is 0. The zero-order valence-electron chi connectivity index (χ0n) is 12.9. The summed E-state index contributed by atoms with van der Waals surface area (Å²) in [6.45, 7) is 4.83. The first-order chi connectivity index (χ1) is 9.32. The molecule has 3 unspecified atom stereocenters. The SMILES string of the molecule is CCCCCNCC[C@]12CCCC3CC(CC1C3)C2. The molecule has 0 aromatic rings. The van der Waals surface area contributed by atoms with Crippen molar-refractivity contribution >= 4 is 0 Å². The van der Waals surface area contributed by atoms with Crippen molar-refractivity contribution < 1.29 is 0 Å². The molecule has 0 heterocycles. The maximum Gasteiger partial charge on any atom is -0.00435 e. The molecule has 3 bridgehead atoms. The van der Waals surface area contributed by atoms with E-state index in [0.717, 1.165) is 23.2 Å². The van der Waals surface area contributed by atoms with Crippen LogP contribution in [-0.2, 0) is 0 Å². The van der Waals surface area contributed by atoms with Crippen molar-refractivity contribution in [3.05, 3.63) is 0 Å². The predicted molar refractivity (Wildman–Crippen MR) is 82.2 cm³/mol. The molecule has 3 aliphatic carbocycles. The fraction of sp³-hybridized carbons (Fsp3) is 1.00. The van der Waals surface area contributed by atoms with Gasteiger partial charge < -0.3 is 5.32 Å². The molecule has 0 amide bonds. The van der Waals surface area contributed by atoms with Crippen molar-refractivity contribution in [2.75, 3.05) is 13.1 Å². The van der Waals surface area contributed by atoms with Crippen molar-refractivity contribution in [2.24, 2.45) is 23.2 Å². The van der Waals surface area contributed by atoms with E-state index in [9.17, 15) is 0 Å². The van der Waals surface area contributed by atoms with Gasteiger partial charge in [-0.2, -0.15) is 0 Å². The Morgan fingerprint density at radius 1 is 1.05 bits per heavy atom. The van der Waals surface area contributed by atoms with Crippen molar-refractivity contribution in [2.45, 2.75) is 77.6 Å². The number of nitrogens with one attached hydrogen (secondary N) is 1. The van der Waals surface area contributed by atoms with Gasteiger partial charge >= 0.3 is 0 Å². The van der Waals surface area contributed by atoms with Crippen LogP contribution in [0.2, 0.25) is 0 Å². The van der Waals surface area contributed by atoms with E-state index in [1.54, 1.807) is 38.5 Å². The van der Waals surface area contributed by atoms with Crippen molar-refractivity contribution in [3.8, 4) is 0 Å². The van der Waals surface area contributed by atoms with E-state index in [4.69, 9.17) is 0 Å². The first kappa shape index (κ1) is 13.9. The van der Waals surface area contributed by atoms with Gasteiger partial charge in [0.25, 0.3) is 0 Å². The molecule has 0 aromatic heterocycles. The van der Waals surface area contributed by atoms with E-state index >= 15 is 0 Å². The number of hydrogen-bond acceptors (Lipinski definition) is 1. The second kappa shape index (κ2) is 6.16. The number of hydrogen-bond donors (Lipinski definition) is 1. The molecular formula is C18H33N. The minimum Gasteiger partial charge on any atom is -0.317 e. The highest BCUT2D eigenvalue weighted by atomic mass is 14.8. The van der Waals surface area contributed by atoms with Gasteiger partial charge in [0.1, 0.15) is 0 Å². The van der Waals surface area contributed by atoms with Crippen LogP contribution in [0.1, 0.15) is 77.6 Å². The molecule has 3 fully saturated rings. The lowest BCUT2D eigenvalue weighted by Crippen LogP contribution is -2.30. The highest BCUT2D eigenvalue weighted by Gasteiger charge is 2.51. The van der Waals surface area contributed by atoms with Crippen LogP contribution in [0.15, 0.2) is 0 Å². The summed E-state index contributed by atoms with van der Waals surface area (Å²) in [5.41, 5.74) is 0.772. The maximum absolute atomic E-state index is 3.72. The first-order valence-corrected chi connectivity index (χ1v) is 9.03. The van der Waals surface area contributed by atoms with Crippen LogP contribution in [0.5, 0.6) is 0 Å². The van der Waals surface area contributed by atoms with E-state index in [2.05, 4.69) is 12.2 Å². The summed E-state index contributed by atoms with van der Waals surface area (Å²) in [5.74, 6) is 3.34. The molecule has 0 aliphatic heterocycles. The van der Waals surface area contributed by atoms with E-state index in [-0.39, 0.29) is 0 Å². The Morgan fingerprint density at radius 3 is 2.84 bits per heavy atom. The number of fused-ring (bicyclic) bond motifs is 2. The van der Waals surface area contributed by atoms with Gasteiger partial charge in [0, 0.05) is 0 Å². The largest absolute Gasteiger partial charge is 0.317 e. The van der Waals surface area contributed by atoms with Crippen molar-refractivity contribution in [1.82, 2.24) is 5.32 Å². The summed E-state index contributed by atoms with van der Waals surface area (Å²) >= 11 is 0. The molecule has 3 saturated carbocycles. The Balaban J connectivity index is 1.48. The number of unbranched alkanes of at least 4 members (excludes halogenated alkanes) is 2. The smallest absolute Gasteiger partial charge is 0.00435 e. The quantitative estimate of drug-likeness (QED) is 0.653. The van der Waals surface area contributed by atoms with E-state index in [0.29, 0.717) is 0 Å². The Labute approximate surface area is 119 Å². The maximum atomic E-state index is 3.72. The Morgan fingerprint density at radius 2 is 1.95 bits per heavy atom. The molecule has 1 heteroatoms. The third-order valence-corrected chi connectivity index (χ3v) is 6.51. The van der Waals surface area contributed by atoms with Crippen LogP contribution >= 0.6 is 0 Å². The molecule has 3 aliphatic rings. The lowest BCUT2D eigenvalue weighted by atomic mass is 9.71. The van der Waals surface area contributed by atoms with Crippen LogP contribution in [0, 0.1) is 23.2 Å². The van der Waals surface area contributed by atoms with Gasteiger partial charge in [0.2, 0.25) is 0 Å². The predicted octanol–water partition coefficient (Wildman–Crippen LogP) is 4.76. The second-order valence-electron chi connectivity index (χ2n) is 7.80.